The quantitative estimate of drug-likeness (QED) is 0.747. The Balaban J connectivity index is 2.49. The summed E-state index contributed by atoms with van der Waals surface area (Å²) in [5.74, 6) is 0.351. The molecule has 0 bridgehead atoms. The smallest absolute Gasteiger partial charge is 0.140 e. The molecule has 1 nitrogen and oxygen atoms in total. The first kappa shape index (κ1) is 12.3. The van der Waals surface area contributed by atoms with Gasteiger partial charge in [-0.3, -0.25) is 4.79 Å². The van der Waals surface area contributed by atoms with Crippen LogP contribution >= 0.6 is 0 Å². The van der Waals surface area contributed by atoms with E-state index in [1.165, 1.54) is 36.0 Å². The van der Waals surface area contributed by atoms with Crippen molar-refractivity contribution in [1.82, 2.24) is 0 Å². The van der Waals surface area contributed by atoms with Crippen molar-refractivity contribution in [2.75, 3.05) is 0 Å². The van der Waals surface area contributed by atoms with E-state index >= 15 is 0 Å². The Kier molecular flexibility index (Phi) is 3.37. The Bertz CT molecular complexity index is 425. The second-order valence-electron chi connectivity index (χ2n) is 5.52. The Hall–Kier alpha value is -1.11. The molecule has 0 heterocycles. The second-order valence-corrected chi connectivity index (χ2v) is 5.52. The predicted molar refractivity (Wildman–Crippen MR) is 71.4 cm³/mol. The lowest BCUT2D eigenvalue weighted by atomic mass is 9.66. The SMILES string of the molecule is CC(=O)C1(c2ccc(C)cc2C)CCCCC1. The monoisotopic (exact) mass is 230 g/mol. The van der Waals surface area contributed by atoms with Crippen LogP contribution < -0.4 is 0 Å². The van der Waals surface area contributed by atoms with Gasteiger partial charge >= 0.3 is 0 Å². The molecule has 1 heteroatoms. The highest BCUT2D eigenvalue weighted by atomic mass is 16.1. The summed E-state index contributed by atoms with van der Waals surface area (Å²) in [4.78, 5) is 12.2. The van der Waals surface area contributed by atoms with Crippen molar-refractivity contribution in [2.24, 2.45) is 0 Å². The molecule has 1 fully saturated rings. The normalized spacial score (nSPS) is 19.0. The number of ketones is 1. The number of carbonyl (C=O) groups excluding carboxylic acids is 1. The van der Waals surface area contributed by atoms with E-state index in [2.05, 4.69) is 32.0 Å². The molecule has 0 amide bonds. The van der Waals surface area contributed by atoms with Gasteiger partial charge in [0, 0.05) is 0 Å². The molecular weight excluding hydrogens is 208 g/mol. The van der Waals surface area contributed by atoms with Gasteiger partial charge in [0.25, 0.3) is 0 Å². The molecule has 0 saturated heterocycles. The van der Waals surface area contributed by atoms with E-state index in [0.29, 0.717) is 5.78 Å². The molecule has 0 spiro atoms. The summed E-state index contributed by atoms with van der Waals surface area (Å²) >= 11 is 0. The lowest BCUT2D eigenvalue weighted by molar-refractivity contribution is -0.123. The van der Waals surface area contributed by atoms with E-state index in [9.17, 15) is 4.79 Å². The number of rotatable bonds is 2. The molecule has 0 radical (unpaired) electrons. The van der Waals surface area contributed by atoms with Gasteiger partial charge in [-0.1, -0.05) is 43.0 Å². The Labute approximate surface area is 104 Å². The molecule has 0 N–H and O–H groups in total. The van der Waals surface area contributed by atoms with Crippen LogP contribution in [0.25, 0.3) is 0 Å². The van der Waals surface area contributed by atoms with Gasteiger partial charge in [0.2, 0.25) is 0 Å². The number of benzene rings is 1. The summed E-state index contributed by atoms with van der Waals surface area (Å²) in [6, 6.07) is 6.52. The summed E-state index contributed by atoms with van der Waals surface area (Å²) in [5, 5.41) is 0. The molecule has 0 unspecified atom stereocenters. The van der Waals surface area contributed by atoms with Crippen LogP contribution in [0, 0.1) is 13.8 Å². The fraction of sp³-hybridized carbons (Fsp3) is 0.562. The molecule has 0 aliphatic heterocycles. The van der Waals surface area contributed by atoms with Crippen molar-refractivity contribution >= 4 is 5.78 Å². The first-order valence-electron chi connectivity index (χ1n) is 6.65. The third-order valence-corrected chi connectivity index (χ3v) is 4.28. The molecular formula is C16H22O. The average molecular weight is 230 g/mol. The molecule has 0 atom stereocenters. The first-order chi connectivity index (χ1) is 8.06. The van der Waals surface area contributed by atoms with Gasteiger partial charge in [-0.15, -0.1) is 0 Å². The highest BCUT2D eigenvalue weighted by molar-refractivity contribution is 5.88. The van der Waals surface area contributed by atoms with E-state index in [1.807, 2.05) is 0 Å². The van der Waals surface area contributed by atoms with Gasteiger partial charge in [-0.2, -0.15) is 0 Å². The summed E-state index contributed by atoms with van der Waals surface area (Å²) in [7, 11) is 0. The molecule has 2 rings (SSSR count). The van der Waals surface area contributed by atoms with Crippen LogP contribution in [0.2, 0.25) is 0 Å². The van der Waals surface area contributed by atoms with Crippen molar-refractivity contribution < 1.29 is 4.79 Å². The topological polar surface area (TPSA) is 17.1 Å². The highest BCUT2D eigenvalue weighted by Crippen LogP contribution is 2.41. The largest absolute Gasteiger partial charge is 0.299 e. The van der Waals surface area contributed by atoms with E-state index < -0.39 is 0 Å². The molecule has 0 aromatic heterocycles. The van der Waals surface area contributed by atoms with Crippen LogP contribution in [0.1, 0.15) is 55.7 Å². The van der Waals surface area contributed by atoms with Crippen molar-refractivity contribution in [3.05, 3.63) is 34.9 Å². The number of aryl methyl sites for hydroxylation is 2. The van der Waals surface area contributed by atoms with E-state index in [1.54, 1.807) is 6.92 Å². The van der Waals surface area contributed by atoms with Crippen LogP contribution in [0.5, 0.6) is 0 Å². The van der Waals surface area contributed by atoms with Gasteiger partial charge < -0.3 is 0 Å². The predicted octanol–water partition coefficient (Wildman–Crippen LogP) is 4.09. The number of carbonyl (C=O) groups is 1. The Morgan fingerprint density at radius 2 is 1.76 bits per heavy atom. The third kappa shape index (κ3) is 2.15. The highest BCUT2D eigenvalue weighted by Gasteiger charge is 2.39. The van der Waals surface area contributed by atoms with E-state index in [-0.39, 0.29) is 5.41 Å². The minimum absolute atomic E-state index is 0.184. The lowest BCUT2D eigenvalue weighted by Gasteiger charge is -2.36. The van der Waals surface area contributed by atoms with Gasteiger partial charge in [0.15, 0.2) is 0 Å². The minimum atomic E-state index is -0.184. The zero-order valence-corrected chi connectivity index (χ0v) is 11.2. The number of hydrogen-bond donors (Lipinski definition) is 0. The first-order valence-corrected chi connectivity index (χ1v) is 6.65. The van der Waals surface area contributed by atoms with E-state index in [0.717, 1.165) is 12.8 Å². The van der Waals surface area contributed by atoms with Crippen LogP contribution in [0.3, 0.4) is 0 Å². The number of hydrogen-bond acceptors (Lipinski definition) is 1. The van der Waals surface area contributed by atoms with Crippen LogP contribution in [0.4, 0.5) is 0 Å². The molecule has 1 aliphatic rings. The molecule has 17 heavy (non-hydrogen) atoms. The zero-order valence-electron chi connectivity index (χ0n) is 11.2. The van der Waals surface area contributed by atoms with Crippen molar-refractivity contribution in [2.45, 2.75) is 58.3 Å². The minimum Gasteiger partial charge on any atom is -0.299 e. The summed E-state index contributed by atoms with van der Waals surface area (Å²) < 4.78 is 0. The van der Waals surface area contributed by atoms with Gasteiger partial charge in [0.05, 0.1) is 5.41 Å². The molecule has 92 valence electrons. The van der Waals surface area contributed by atoms with Crippen LogP contribution in [-0.4, -0.2) is 5.78 Å². The fourth-order valence-corrected chi connectivity index (χ4v) is 3.32. The van der Waals surface area contributed by atoms with Gasteiger partial charge in [-0.05, 0) is 44.7 Å². The van der Waals surface area contributed by atoms with Crippen molar-refractivity contribution in [1.29, 1.82) is 0 Å². The standard InChI is InChI=1S/C16H22O/c1-12-7-8-15(13(2)11-12)16(14(3)17)9-5-4-6-10-16/h7-8,11H,4-6,9-10H2,1-3H3. The van der Waals surface area contributed by atoms with Gasteiger partial charge in [0.1, 0.15) is 5.78 Å². The second kappa shape index (κ2) is 4.64. The lowest BCUT2D eigenvalue weighted by Crippen LogP contribution is -2.37. The van der Waals surface area contributed by atoms with E-state index in [4.69, 9.17) is 0 Å². The number of Topliss-reactive ketones (excluding diaryl/α,β-unsaturated/α-hetero) is 1. The average Bonchev–Trinajstić information content (AvgIpc) is 2.29. The third-order valence-electron chi connectivity index (χ3n) is 4.28. The molecule has 1 aromatic carbocycles. The fourth-order valence-electron chi connectivity index (χ4n) is 3.32. The van der Waals surface area contributed by atoms with Crippen LogP contribution in [-0.2, 0) is 10.2 Å². The summed E-state index contributed by atoms with van der Waals surface area (Å²) in [5.41, 5.74) is 3.65. The summed E-state index contributed by atoms with van der Waals surface area (Å²) in [6.45, 7) is 6.02. The molecule has 1 aliphatic carbocycles. The van der Waals surface area contributed by atoms with Gasteiger partial charge in [-0.25, -0.2) is 0 Å². The van der Waals surface area contributed by atoms with Crippen molar-refractivity contribution in [3.8, 4) is 0 Å². The maximum absolute atomic E-state index is 12.2. The summed E-state index contributed by atoms with van der Waals surface area (Å²) in [6.07, 6.45) is 5.72. The zero-order chi connectivity index (χ0) is 12.5. The van der Waals surface area contributed by atoms with Crippen molar-refractivity contribution in [3.63, 3.8) is 0 Å². The molecule has 1 aromatic rings. The maximum atomic E-state index is 12.2. The van der Waals surface area contributed by atoms with Crippen LogP contribution in [0.15, 0.2) is 18.2 Å². The Morgan fingerprint density at radius 1 is 1.12 bits per heavy atom. The maximum Gasteiger partial charge on any atom is 0.140 e. The molecule has 1 saturated carbocycles. The Morgan fingerprint density at radius 3 is 2.29 bits per heavy atom.